The van der Waals surface area contributed by atoms with Crippen LogP contribution >= 0.6 is 23.4 Å². The first-order valence-corrected chi connectivity index (χ1v) is 11.6. The Kier molecular flexibility index (Phi) is 6.95. The number of nitro benzene ring substituents is 1. The SMILES string of the molecule is O=C(Nc1ccc(SCCCN2C(=O)c3ccccc3C2=O)cc1)c1cc([N+](=O)[O-])ccc1Cl. The zero-order valence-electron chi connectivity index (χ0n) is 17.7. The number of nitrogens with one attached hydrogen (secondary N) is 1. The predicted octanol–water partition coefficient (Wildman–Crippen LogP) is 5.28. The number of fused-ring (bicyclic) bond motifs is 1. The van der Waals surface area contributed by atoms with Crippen LogP contribution in [0.1, 0.15) is 37.5 Å². The third-order valence-electron chi connectivity index (χ3n) is 5.19. The highest BCUT2D eigenvalue weighted by Crippen LogP contribution is 2.26. The number of nitrogens with zero attached hydrogens (tertiary/aromatic N) is 2. The summed E-state index contributed by atoms with van der Waals surface area (Å²) in [6.07, 6.45) is 0.639. The number of nitro groups is 1. The molecule has 1 aliphatic heterocycles. The van der Waals surface area contributed by atoms with Gasteiger partial charge in [-0.1, -0.05) is 23.7 Å². The number of amides is 3. The van der Waals surface area contributed by atoms with E-state index in [1.54, 1.807) is 48.2 Å². The number of carbonyl (C=O) groups excluding carboxylic acids is 3. The Hall–Kier alpha value is -3.69. The Bertz CT molecular complexity index is 1260. The van der Waals surface area contributed by atoms with Crippen molar-refractivity contribution in [1.29, 1.82) is 0 Å². The van der Waals surface area contributed by atoms with Gasteiger partial charge < -0.3 is 5.32 Å². The molecule has 0 bridgehead atoms. The largest absolute Gasteiger partial charge is 0.322 e. The molecule has 0 spiro atoms. The molecule has 172 valence electrons. The van der Waals surface area contributed by atoms with Crippen molar-refractivity contribution in [1.82, 2.24) is 4.90 Å². The molecule has 3 aromatic rings. The minimum Gasteiger partial charge on any atom is -0.322 e. The fraction of sp³-hybridized carbons (Fsp3) is 0.125. The van der Waals surface area contributed by atoms with Gasteiger partial charge in [-0.3, -0.25) is 29.4 Å². The molecular weight excluding hydrogens is 478 g/mol. The summed E-state index contributed by atoms with van der Waals surface area (Å²) in [6, 6.07) is 17.6. The van der Waals surface area contributed by atoms with Crippen LogP contribution in [0.3, 0.4) is 0 Å². The lowest BCUT2D eigenvalue weighted by Crippen LogP contribution is -2.30. The molecule has 0 saturated carbocycles. The van der Waals surface area contributed by atoms with Gasteiger partial charge >= 0.3 is 0 Å². The summed E-state index contributed by atoms with van der Waals surface area (Å²) in [4.78, 5) is 49.9. The van der Waals surface area contributed by atoms with Crippen LogP contribution in [0.2, 0.25) is 5.02 Å². The van der Waals surface area contributed by atoms with Gasteiger partial charge in [-0.15, -0.1) is 11.8 Å². The van der Waals surface area contributed by atoms with Gasteiger partial charge in [-0.2, -0.15) is 0 Å². The topological polar surface area (TPSA) is 110 Å². The molecular formula is C24H18ClN3O5S. The first-order chi connectivity index (χ1) is 16.3. The predicted molar refractivity (Wildman–Crippen MR) is 130 cm³/mol. The van der Waals surface area contributed by atoms with E-state index in [0.717, 1.165) is 11.0 Å². The molecule has 0 fully saturated rings. The maximum Gasteiger partial charge on any atom is 0.270 e. The van der Waals surface area contributed by atoms with Gasteiger partial charge in [0.15, 0.2) is 0 Å². The van der Waals surface area contributed by atoms with E-state index in [-0.39, 0.29) is 28.1 Å². The van der Waals surface area contributed by atoms with Crippen LogP contribution in [-0.2, 0) is 0 Å². The maximum atomic E-state index is 12.5. The lowest BCUT2D eigenvalue weighted by Gasteiger charge is -2.13. The van der Waals surface area contributed by atoms with Gasteiger partial charge in [-0.25, -0.2) is 0 Å². The van der Waals surface area contributed by atoms with Gasteiger partial charge in [0, 0.05) is 29.3 Å². The average molecular weight is 496 g/mol. The molecule has 0 radical (unpaired) electrons. The highest BCUT2D eigenvalue weighted by atomic mass is 35.5. The van der Waals surface area contributed by atoms with E-state index in [1.807, 2.05) is 12.1 Å². The van der Waals surface area contributed by atoms with Crippen LogP contribution < -0.4 is 5.32 Å². The minimum absolute atomic E-state index is 0.0162. The summed E-state index contributed by atoms with van der Waals surface area (Å²) in [6.45, 7) is 0.345. The van der Waals surface area contributed by atoms with Crippen LogP contribution in [-0.4, -0.2) is 39.8 Å². The highest BCUT2D eigenvalue weighted by molar-refractivity contribution is 7.99. The molecule has 34 heavy (non-hydrogen) atoms. The van der Waals surface area contributed by atoms with E-state index in [2.05, 4.69) is 5.32 Å². The zero-order valence-corrected chi connectivity index (χ0v) is 19.3. The standard InChI is InChI=1S/C24H18ClN3O5S/c25-21-11-8-16(28(32)33)14-20(21)22(29)26-15-6-9-17(10-7-15)34-13-3-12-27-23(30)18-4-1-2-5-19(18)24(27)31/h1-2,4-11,14H,3,12-13H2,(H,26,29). The summed E-state index contributed by atoms with van der Waals surface area (Å²) in [5.74, 6) is -0.360. The normalized spacial score (nSPS) is 12.6. The van der Waals surface area contributed by atoms with Crippen LogP contribution in [0, 0.1) is 10.1 Å². The van der Waals surface area contributed by atoms with E-state index in [0.29, 0.717) is 35.5 Å². The Balaban J connectivity index is 1.28. The quantitative estimate of drug-likeness (QED) is 0.150. The van der Waals surface area contributed by atoms with Crippen molar-refractivity contribution < 1.29 is 19.3 Å². The number of rotatable bonds is 8. The Morgan fingerprint density at radius 3 is 2.26 bits per heavy atom. The number of benzene rings is 3. The fourth-order valence-electron chi connectivity index (χ4n) is 3.49. The van der Waals surface area contributed by atoms with Gasteiger partial charge in [0.1, 0.15) is 0 Å². The minimum atomic E-state index is -0.590. The Labute approximate surface area is 204 Å². The smallest absolute Gasteiger partial charge is 0.270 e. The summed E-state index contributed by atoms with van der Waals surface area (Å²) in [5.41, 5.74) is 1.21. The number of halogens is 1. The van der Waals surface area contributed by atoms with Gasteiger partial charge in [0.05, 0.1) is 26.6 Å². The number of anilines is 1. The highest BCUT2D eigenvalue weighted by Gasteiger charge is 2.34. The van der Waals surface area contributed by atoms with Crippen molar-refractivity contribution in [3.8, 4) is 0 Å². The molecule has 8 nitrogen and oxygen atoms in total. The summed E-state index contributed by atoms with van der Waals surface area (Å²) >= 11 is 7.58. The number of thioether (sulfide) groups is 1. The average Bonchev–Trinajstić information content (AvgIpc) is 3.07. The lowest BCUT2D eigenvalue weighted by molar-refractivity contribution is -0.384. The van der Waals surface area contributed by atoms with Crippen molar-refractivity contribution in [3.05, 3.63) is 98.6 Å². The number of hydrogen-bond donors (Lipinski definition) is 1. The van der Waals surface area contributed by atoms with Crippen LogP contribution in [0.5, 0.6) is 0 Å². The van der Waals surface area contributed by atoms with Crippen molar-refractivity contribution in [2.75, 3.05) is 17.6 Å². The summed E-state index contributed by atoms with van der Waals surface area (Å²) in [5, 5.41) is 13.7. The number of non-ortho nitro benzene ring substituents is 1. The number of hydrogen-bond acceptors (Lipinski definition) is 6. The van der Waals surface area contributed by atoms with Gasteiger partial charge in [-0.05, 0) is 54.6 Å². The number of carbonyl (C=O) groups is 3. The second kappa shape index (κ2) is 10.1. The Morgan fingerprint density at radius 1 is 1.00 bits per heavy atom. The van der Waals surface area contributed by atoms with Crippen molar-refractivity contribution in [2.24, 2.45) is 0 Å². The maximum absolute atomic E-state index is 12.5. The van der Waals surface area contributed by atoms with Gasteiger partial charge in [0.2, 0.25) is 0 Å². The van der Waals surface area contributed by atoms with Crippen LogP contribution in [0.4, 0.5) is 11.4 Å². The molecule has 3 amide bonds. The summed E-state index contributed by atoms with van der Waals surface area (Å²) in [7, 11) is 0. The molecule has 0 atom stereocenters. The summed E-state index contributed by atoms with van der Waals surface area (Å²) < 4.78 is 0. The molecule has 1 aliphatic rings. The first kappa shape index (κ1) is 23.5. The second-order valence-corrected chi connectivity index (χ2v) is 8.98. The van der Waals surface area contributed by atoms with E-state index in [4.69, 9.17) is 11.6 Å². The van der Waals surface area contributed by atoms with E-state index in [1.165, 1.54) is 17.0 Å². The fourth-order valence-corrected chi connectivity index (χ4v) is 4.53. The molecule has 1 N–H and O–H groups in total. The van der Waals surface area contributed by atoms with E-state index < -0.39 is 10.8 Å². The monoisotopic (exact) mass is 495 g/mol. The second-order valence-electron chi connectivity index (χ2n) is 7.41. The molecule has 0 aliphatic carbocycles. The molecule has 0 saturated heterocycles. The van der Waals surface area contributed by atoms with Crippen LogP contribution in [0.25, 0.3) is 0 Å². The zero-order chi connectivity index (χ0) is 24.2. The first-order valence-electron chi connectivity index (χ1n) is 10.3. The van der Waals surface area contributed by atoms with E-state index in [9.17, 15) is 24.5 Å². The van der Waals surface area contributed by atoms with Crippen molar-refractivity contribution in [3.63, 3.8) is 0 Å². The Morgan fingerprint density at radius 2 is 1.65 bits per heavy atom. The lowest BCUT2D eigenvalue weighted by atomic mass is 10.1. The molecule has 4 rings (SSSR count). The van der Waals surface area contributed by atoms with Crippen LogP contribution in [0.15, 0.2) is 71.6 Å². The molecule has 10 heteroatoms. The molecule has 0 aromatic heterocycles. The van der Waals surface area contributed by atoms with E-state index >= 15 is 0 Å². The van der Waals surface area contributed by atoms with Crippen molar-refractivity contribution in [2.45, 2.75) is 11.3 Å². The molecule has 3 aromatic carbocycles. The third kappa shape index (κ3) is 4.95. The number of imide groups is 1. The third-order valence-corrected chi connectivity index (χ3v) is 6.62. The van der Waals surface area contributed by atoms with Crippen molar-refractivity contribution >= 4 is 52.5 Å². The molecule has 1 heterocycles. The molecule has 0 unspecified atom stereocenters. The van der Waals surface area contributed by atoms with Gasteiger partial charge in [0.25, 0.3) is 23.4 Å².